The molecule has 28 heavy (non-hydrogen) atoms. The van der Waals surface area contributed by atoms with Crippen LogP contribution in [-0.4, -0.2) is 28.2 Å². The van der Waals surface area contributed by atoms with Crippen LogP contribution in [0.2, 0.25) is 0 Å². The first-order valence-electron chi connectivity index (χ1n) is 9.12. The van der Waals surface area contributed by atoms with Crippen molar-refractivity contribution in [2.75, 3.05) is 6.61 Å². The smallest absolute Gasteiger partial charge is 0.310 e. The van der Waals surface area contributed by atoms with Crippen LogP contribution in [0.1, 0.15) is 40.5 Å². The van der Waals surface area contributed by atoms with Gasteiger partial charge in [-0.2, -0.15) is 0 Å². The summed E-state index contributed by atoms with van der Waals surface area (Å²) >= 11 is 0. The van der Waals surface area contributed by atoms with Crippen LogP contribution in [0.15, 0.2) is 36.4 Å². The number of phenolic OH excluding ortho intramolecular Hbond substituents is 1. The summed E-state index contributed by atoms with van der Waals surface area (Å²) in [6, 6.07) is 9.42. The number of hydrogen-bond acceptors (Lipinski definition) is 4. The molecule has 1 N–H and O–H groups in total. The van der Waals surface area contributed by atoms with Crippen LogP contribution in [0.25, 0.3) is 10.9 Å². The minimum absolute atomic E-state index is 0.0679. The molecule has 0 aliphatic rings. The fraction of sp³-hybridized carbons (Fsp3) is 0.273. The van der Waals surface area contributed by atoms with E-state index < -0.39 is 17.5 Å². The third kappa shape index (κ3) is 3.63. The number of aryl methyl sites for hydroxylation is 1. The predicted molar refractivity (Wildman–Crippen MR) is 104 cm³/mol. The van der Waals surface area contributed by atoms with E-state index in [4.69, 9.17) is 4.74 Å². The Hall–Kier alpha value is -3.15. The van der Waals surface area contributed by atoms with Crippen LogP contribution in [0, 0.1) is 19.7 Å². The number of aromatic hydroxyl groups is 1. The van der Waals surface area contributed by atoms with Gasteiger partial charge in [0.15, 0.2) is 11.6 Å². The number of benzene rings is 2. The summed E-state index contributed by atoms with van der Waals surface area (Å²) in [6.07, 6.45) is 0.631. The third-order valence-corrected chi connectivity index (χ3v) is 4.69. The predicted octanol–water partition coefficient (Wildman–Crippen LogP) is 4.29. The zero-order chi connectivity index (χ0) is 20.4. The van der Waals surface area contributed by atoms with Crippen molar-refractivity contribution >= 4 is 22.8 Å². The number of fused-ring (bicyclic) bond motifs is 1. The van der Waals surface area contributed by atoms with Gasteiger partial charge in [0.05, 0.1) is 18.5 Å². The molecule has 0 bridgehead atoms. The molecule has 1 aromatic heterocycles. The molecule has 3 rings (SSSR count). The van der Waals surface area contributed by atoms with Crippen LogP contribution < -0.4 is 0 Å². The third-order valence-electron chi connectivity index (χ3n) is 4.69. The van der Waals surface area contributed by atoms with Crippen LogP contribution in [0.5, 0.6) is 5.75 Å². The van der Waals surface area contributed by atoms with Crippen LogP contribution >= 0.6 is 0 Å². The van der Waals surface area contributed by atoms with Gasteiger partial charge in [-0.05, 0) is 44.0 Å². The summed E-state index contributed by atoms with van der Waals surface area (Å²) in [5, 5.41) is 10.3. The number of esters is 1. The van der Waals surface area contributed by atoms with E-state index in [0.29, 0.717) is 40.8 Å². The summed E-state index contributed by atoms with van der Waals surface area (Å²) in [4.78, 5) is 25.3. The second-order valence-corrected chi connectivity index (χ2v) is 6.79. The monoisotopic (exact) mass is 383 g/mol. The first-order chi connectivity index (χ1) is 13.3. The van der Waals surface area contributed by atoms with Crippen LogP contribution in [0.4, 0.5) is 4.39 Å². The fourth-order valence-corrected chi connectivity index (χ4v) is 3.21. The van der Waals surface area contributed by atoms with Crippen molar-refractivity contribution in [3.8, 4) is 5.75 Å². The number of carbonyl (C=O) groups is 2. The molecule has 0 atom stereocenters. The van der Waals surface area contributed by atoms with Crippen molar-refractivity contribution < 1.29 is 23.8 Å². The average Bonchev–Trinajstić information content (AvgIpc) is 2.91. The molecule has 5 nitrogen and oxygen atoms in total. The molecule has 0 saturated heterocycles. The van der Waals surface area contributed by atoms with E-state index in [1.165, 1.54) is 10.6 Å². The molecule has 3 aromatic rings. The second kappa shape index (κ2) is 7.84. The van der Waals surface area contributed by atoms with Crippen molar-refractivity contribution in [3.63, 3.8) is 0 Å². The van der Waals surface area contributed by atoms with E-state index in [9.17, 15) is 19.1 Å². The Balaban J connectivity index is 2.15. The fourth-order valence-electron chi connectivity index (χ4n) is 3.21. The molecule has 6 heteroatoms. The molecule has 0 aliphatic heterocycles. The number of hydrogen-bond donors (Lipinski definition) is 1. The molecule has 0 saturated carbocycles. The average molecular weight is 383 g/mol. The molecule has 0 aliphatic carbocycles. The lowest BCUT2D eigenvalue weighted by atomic mass is 10.1. The Morgan fingerprint density at radius 1 is 1.14 bits per heavy atom. The molecule has 1 heterocycles. The zero-order valence-corrected chi connectivity index (χ0v) is 16.1. The summed E-state index contributed by atoms with van der Waals surface area (Å²) in [5.74, 6) is -2.13. The first-order valence-corrected chi connectivity index (χ1v) is 9.12. The molecule has 2 aromatic carbocycles. The van der Waals surface area contributed by atoms with E-state index in [-0.39, 0.29) is 12.3 Å². The summed E-state index contributed by atoms with van der Waals surface area (Å²) in [6.45, 7) is 5.82. The molecule has 146 valence electrons. The van der Waals surface area contributed by atoms with Gasteiger partial charge in [-0.15, -0.1) is 0 Å². The maximum Gasteiger partial charge on any atom is 0.310 e. The highest BCUT2D eigenvalue weighted by atomic mass is 19.1. The lowest BCUT2D eigenvalue weighted by molar-refractivity contribution is -0.142. The van der Waals surface area contributed by atoms with E-state index in [2.05, 4.69) is 0 Å². The summed E-state index contributed by atoms with van der Waals surface area (Å²) < 4.78 is 20.6. The molecule has 0 amide bonds. The van der Waals surface area contributed by atoms with E-state index in [1.54, 1.807) is 19.1 Å². The van der Waals surface area contributed by atoms with Gasteiger partial charge < -0.3 is 9.84 Å². The maximum atomic E-state index is 14.1. The van der Waals surface area contributed by atoms with Crippen molar-refractivity contribution in [1.82, 2.24) is 4.57 Å². The molecular weight excluding hydrogens is 361 g/mol. The van der Waals surface area contributed by atoms with Gasteiger partial charge in [-0.25, -0.2) is 4.39 Å². The van der Waals surface area contributed by atoms with Gasteiger partial charge in [0.25, 0.3) is 5.91 Å². The van der Waals surface area contributed by atoms with Crippen LogP contribution in [-0.2, 0) is 16.0 Å². The van der Waals surface area contributed by atoms with Gasteiger partial charge in [0.1, 0.15) is 0 Å². The molecule has 0 spiro atoms. The molecular formula is C22H22FNO4. The Morgan fingerprint density at radius 3 is 2.46 bits per heavy atom. The lowest BCUT2D eigenvalue weighted by Crippen LogP contribution is -2.15. The maximum absolute atomic E-state index is 14.1. The van der Waals surface area contributed by atoms with Crippen molar-refractivity contribution in [1.29, 1.82) is 0 Å². The molecule has 0 unspecified atom stereocenters. The largest absolute Gasteiger partial charge is 0.505 e. The highest BCUT2D eigenvalue weighted by Crippen LogP contribution is 2.32. The summed E-state index contributed by atoms with van der Waals surface area (Å²) in [5.41, 5.74) is 2.81. The highest BCUT2D eigenvalue weighted by molar-refractivity contribution is 6.05. The number of rotatable bonds is 5. The van der Waals surface area contributed by atoms with Crippen LogP contribution in [0.3, 0.4) is 0 Å². The number of nitrogens with zero attached hydrogens (tertiary/aromatic N) is 1. The van der Waals surface area contributed by atoms with Crippen molar-refractivity contribution in [3.05, 3.63) is 64.6 Å². The SMILES string of the molecule is CCCOC(=O)Cc1c(C)n(C(=O)c2ccc(C)cc2)c2cc(F)c(O)cc12. The minimum Gasteiger partial charge on any atom is -0.505 e. The molecule has 0 radical (unpaired) electrons. The first kappa shape index (κ1) is 19.6. The van der Waals surface area contributed by atoms with Gasteiger partial charge >= 0.3 is 5.97 Å². The topological polar surface area (TPSA) is 68.5 Å². The second-order valence-electron chi connectivity index (χ2n) is 6.79. The standard InChI is InChI=1S/C22H22FNO4/c1-4-9-28-21(26)11-16-14(3)24(19-12-18(23)20(25)10-17(16)19)22(27)15-7-5-13(2)6-8-15/h5-8,10,12,25H,4,9,11H2,1-3H3. The number of aromatic nitrogens is 1. The lowest BCUT2D eigenvalue weighted by Gasteiger charge is -2.08. The van der Waals surface area contributed by atoms with Crippen molar-refractivity contribution in [2.24, 2.45) is 0 Å². The number of ether oxygens (including phenoxy) is 1. The van der Waals surface area contributed by atoms with E-state index in [0.717, 1.165) is 11.6 Å². The minimum atomic E-state index is -0.830. The Bertz CT molecular complexity index is 1050. The van der Waals surface area contributed by atoms with E-state index in [1.807, 2.05) is 26.0 Å². The van der Waals surface area contributed by atoms with Gasteiger partial charge in [0, 0.05) is 22.7 Å². The summed E-state index contributed by atoms with van der Waals surface area (Å²) in [7, 11) is 0. The van der Waals surface area contributed by atoms with Crippen molar-refractivity contribution in [2.45, 2.75) is 33.6 Å². The van der Waals surface area contributed by atoms with Gasteiger partial charge in [-0.3, -0.25) is 14.2 Å². The quantitative estimate of drug-likeness (QED) is 0.668. The number of carbonyl (C=O) groups excluding carboxylic acids is 2. The highest BCUT2D eigenvalue weighted by Gasteiger charge is 2.23. The number of phenols is 1. The normalized spacial score (nSPS) is 11.0. The van der Waals surface area contributed by atoms with E-state index >= 15 is 0 Å². The Labute approximate surface area is 162 Å². The Morgan fingerprint density at radius 2 is 1.82 bits per heavy atom. The number of halogens is 1. The Kier molecular flexibility index (Phi) is 5.49. The molecule has 0 fully saturated rings. The van der Waals surface area contributed by atoms with Gasteiger partial charge in [0.2, 0.25) is 0 Å². The zero-order valence-electron chi connectivity index (χ0n) is 16.1. The van der Waals surface area contributed by atoms with Gasteiger partial charge in [-0.1, -0.05) is 24.6 Å².